The highest BCUT2D eigenvalue weighted by molar-refractivity contribution is 7.91. The molecule has 4 nitrogen and oxygen atoms in total. The SMILES string of the molecule is Cc1ccccc1C(O)CCN1CCS(=O)(=O)CC1C. The number of nitrogens with zero attached hydrogens (tertiary/aromatic N) is 1. The molecule has 2 atom stereocenters. The van der Waals surface area contributed by atoms with E-state index in [1.165, 1.54) is 0 Å². The van der Waals surface area contributed by atoms with Gasteiger partial charge in [-0.25, -0.2) is 8.42 Å². The lowest BCUT2D eigenvalue weighted by atomic mass is 10.0. The number of rotatable bonds is 4. The molecule has 20 heavy (non-hydrogen) atoms. The van der Waals surface area contributed by atoms with Gasteiger partial charge in [-0.1, -0.05) is 24.3 Å². The van der Waals surface area contributed by atoms with Crippen molar-refractivity contribution in [2.75, 3.05) is 24.6 Å². The molecule has 5 heteroatoms. The summed E-state index contributed by atoms with van der Waals surface area (Å²) >= 11 is 0. The van der Waals surface area contributed by atoms with Crippen LogP contribution in [0.2, 0.25) is 0 Å². The third-order valence-corrected chi connectivity index (χ3v) is 5.84. The zero-order chi connectivity index (χ0) is 14.8. The van der Waals surface area contributed by atoms with E-state index in [9.17, 15) is 13.5 Å². The van der Waals surface area contributed by atoms with Crippen molar-refractivity contribution in [2.24, 2.45) is 0 Å². The summed E-state index contributed by atoms with van der Waals surface area (Å²) in [6.07, 6.45) is 0.150. The zero-order valence-corrected chi connectivity index (χ0v) is 12.9. The summed E-state index contributed by atoms with van der Waals surface area (Å²) in [5, 5.41) is 10.3. The van der Waals surface area contributed by atoms with Crippen LogP contribution in [0, 0.1) is 6.92 Å². The topological polar surface area (TPSA) is 57.6 Å². The third-order valence-electron chi connectivity index (χ3n) is 4.05. The fraction of sp³-hybridized carbons (Fsp3) is 0.600. The maximum absolute atomic E-state index is 11.5. The predicted molar refractivity (Wildman–Crippen MR) is 80.4 cm³/mol. The molecule has 1 aromatic carbocycles. The molecule has 1 aliphatic heterocycles. The molecule has 0 saturated carbocycles. The lowest BCUT2D eigenvalue weighted by Gasteiger charge is -2.33. The Morgan fingerprint density at radius 2 is 2.10 bits per heavy atom. The average Bonchev–Trinajstić information content (AvgIpc) is 2.37. The van der Waals surface area contributed by atoms with Crippen molar-refractivity contribution in [1.29, 1.82) is 0 Å². The van der Waals surface area contributed by atoms with Crippen molar-refractivity contribution in [1.82, 2.24) is 4.90 Å². The second kappa shape index (κ2) is 6.24. The molecule has 1 N–H and O–H groups in total. The maximum atomic E-state index is 11.5. The van der Waals surface area contributed by atoms with Gasteiger partial charge in [0.05, 0.1) is 17.6 Å². The normalized spacial score (nSPS) is 24.4. The molecule has 1 heterocycles. The Balaban J connectivity index is 1.91. The summed E-state index contributed by atoms with van der Waals surface area (Å²) < 4.78 is 23.1. The molecule has 2 rings (SSSR count). The molecule has 1 saturated heterocycles. The van der Waals surface area contributed by atoms with Gasteiger partial charge >= 0.3 is 0 Å². The monoisotopic (exact) mass is 297 g/mol. The molecule has 0 spiro atoms. The largest absolute Gasteiger partial charge is 0.388 e. The Kier molecular flexibility index (Phi) is 4.83. The van der Waals surface area contributed by atoms with E-state index in [0.717, 1.165) is 17.7 Å². The summed E-state index contributed by atoms with van der Waals surface area (Å²) in [4.78, 5) is 2.16. The molecular weight excluding hydrogens is 274 g/mol. The van der Waals surface area contributed by atoms with Crippen LogP contribution in [0.15, 0.2) is 24.3 Å². The summed E-state index contributed by atoms with van der Waals surface area (Å²) in [7, 11) is -2.87. The van der Waals surface area contributed by atoms with Crippen LogP contribution in [0.25, 0.3) is 0 Å². The molecule has 2 unspecified atom stereocenters. The second-order valence-corrected chi connectivity index (χ2v) is 7.89. The zero-order valence-electron chi connectivity index (χ0n) is 12.1. The fourth-order valence-electron chi connectivity index (χ4n) is 2.77. The minimum absolute atomic E-state index is 0.0396. The predicted octanol–water partition coefficient (Wildman–Crippen LogP) is 1.54. The fourth-order valence-corrected chi connectivity index (χ4v) is 4.39. The lowest BCUT2D eigenvalue weighted by molar-refractivity contribution is 0.131. The lowest BCUT2D eigenvalue weighted by Crippen LogP contribution is -2.47. The van der Waals surface area contributed by atoms with Crippen molar-refractivity contribution in [3.8, 4) is 0 Å². The standard InChI is InChI=1S/C15H23NO3S/c1-12-5-3-4-6-14(12)15(17)7-8-16-9-10-20(18,19)11-13(16)2/h3-6,13,15,17H,7-11H2,1-2H3. The molecule has 0 aliphatic carbocycles. The van der Waals surface area contributed by atoms with E-state index in [0.29, 0.717) is 13.0 Å². The van der Waals surface area contributed by atoms with Crippen molar-refractivity contribution in [3.63, 3.8) is 0 Å². The molecule has 1 aromatic rings. The van der Waals surface area contributed by atoms with Gasteiger partial charge in [0, 0.05) is 19.1 Å². The van der Waals surface area contributed by atoms with Gasteiger partial charge in [0.25, 0.3) is 0 Å². The van der Waals surface area contributed by atoms with Crippen molar-refractivity contribution >= 4 is 9.84 Å². The van der Waals surface area contributed by atoms with E-state index in [-0.39, 0.29) is 17.5 Å². The van der Waals surface area contributed by atoms with Gasteiger partial charge in [0.1, 0.15) is 0 Å². The number of aliphatic hydroxyl groups is 1. The molecule has 0 radical (unpaired) electrons. The molecular formula is C15H23NO3S. The Bertz CT molecular complexity index is 556. The highest BCUT2D eigenvalue weighted by atomic mass is 32.2. The van der Waals surface area contributed by atoms with Gasteiger partial charge < -0.3 is 5.11 Å². The van der Waals surface area contributed by atoms with Crippen LogP contribution < -0.4 is 0 Å². The number of aliphatic hydroxyl groups excluding tert-OH is 1. The highest BCUT2D eigenvalue weighted by Crippen LogP contribution is 2.22. The molecule has 1 aliphatic rings. The first-order valence-electron chi connectivity index (χ1n) is 7.07. The maximum Gasteiger partial charge on any atom is 0.153 e. The van der Waals surface area contributed by atoms with Crippen LogP contribution in [0.1, 0.15) is 30.6 Å². The molecule has 1 fully saturated rings. The van der Waals surface area contributed by atoms with E-state index < -0.39 is 15.9 Å². The third kappa shape index (κ3) is 3.81. The molecule has 0 aromatic heterocycles. The number of sulfone groups is 1. The van der Waals surface area contributed by atoms with Gasteiger partial charge in [-0.05, 0) is 31.4 Å². The molecule has 0 bridgehead atoms. The minimum atomic E-state index is -2.87. The Morgan fingerprint density at radius 1 is 1.40 bits per heavy atom. The smallest absolute Gasteiger partial charge is 0.153 e. The van der Waals surface area contributed by atoms with E-state index in [1.54, 1.807) is 0 Å². The van der Waals surface area contributed by atoms with E-state index in [2.05, 4.69) is 4.90 Å². The number of hydrogen-bond donors (Lipinski definition) is 1. The Hall–Kier alpha value is -0.910. The van der Waals surface area contributed by atoms with Crippen LogP contribution in [0.3, 0.4) is 0 Å². The van der Waals surface area contributed by atoms with Gasteiger partial charge in [-0.2, -0.15) is 0 Å². The Morgan fingerprint density at radius 3 is 2.75 bits per heavy atom. The Labute approximate surface area is 121 Å². The van der Waals surface area contributed by atoms with E-state index in [1.807, 2.05) is 38.1 Å². The summed E-state index contributed by atoms with van der Waals surface area (Å²) in [6, 6.07) is 7.88. The second-order valence-electron chi connectivity index (χ2n) is 5.66. The summed E-state index contributed by atoms with van der Waals surface area (Å²) in [5.74, 6) is 0.464. The average molecular weight is 297 g/mol. The van der Waals surface area contributed by atoms with Gasteiger partial charge in [0.2, 0.25) is 0 Å². The van der Waals surface area contributed by atoms with Crippen LogP contribution in [-0.2, 0) is 9.84 Å². The van der Waals surface area contributed by atoms with Gasteiger partial charge in [0.15, 0.2) is 9.84 Å². The minimum Gasteiger partial charge on any atom is -0.388 e. The first-order valence-corrected chi connectivity index (χ1v) is 8.89. The van der Waals surface area contributed by atoms with E-state index >= 15 is 0 Å². The highest BCUT2D eigenvalue weighted by Gasteiger charge is 2.28. The molecule has 112 valence electrons. The van der Waals surface area contributed by atoms with Crippen molar-refractivity contribution in [3.05, 3.63) is 35.4 Å². The number of aryl methyl sites for hydroxylation is 1. The van der Waals surface area contributed by atoms with Crippen LogP contribution in [0.4, 0.5) is 0 Å². The summed E-state index contributed by atoms with van der Waals surface area (Å²) in [5.41, 5.74) is 2.05. The van der Waals surface area contributed by atoms with Gasteiger partial charge in [-0.3, -0.25) is 4.90 Å². The quantitative estimate of drug-likeness (QED) is 0.916. The van der Waals surface area contributed by atoms with Crippen LogP contribution in [-0.4, -0.2) is 49.1 Å². The first kappa shape index (κ1) is 15.5. The van der Waals surface area contributed by atoms with Crippen molar-refractivity contribution in [2.45, 2.75) is 32.4 Å². The first-order chi connectivity index (χ1) is 9.39. The number of hydrogen-bond acceptors (Lipinski definition) is 4. The van der Waals surface area contributed by atoms with Crippen molar-refractivity contribution < 1.29 is 13.5 Å². The van der Waals surface area contributed by atoms with Crippen LogP contribution >= 0.6 is 0 Å². The van der Waals surface area contributed by atoms with Crippen LogP contribution in [0.5, 0.6) is 0 Å². The van der Waals surface area contributed by atoms with Gasteiger partial charge in [-0.15, -0.1) is 0 Å². The summed E-state index contributed by atoms with van der Waals surface area (Å²) in [6.45, 7) is 5.24. The molecule has 0 amide bonds. The number of benzene rings is 1. The van der Waals surface area contributed by atoms with E-state index in [4.69, 9.17) is 0 Å².